The highest BCUT2D eigenvalue weighted by Gasteiger charge is 2.53. The molecule has 4 fully saturated rings. The van der Waals surface area contributed by atoms with Crippen LogP contribution in [0.2, 0.25) is 0 Å². The number of thiocarbonyl (C=S) groups is 1. The van der Waals surface area contributed by atoms with Crippen molar-refractivity contribution in [3.8, 4) is 0 Å². The second kappa shape index (κ2) is 6.63. The Labute approximate surface area is 162 Å². The van der Waals surface area contributed by atoms with Gasteiger partial charge in [0.05, 0.1) is 0 Å². The molecule has 0 saturated heterocycles. The first-order chi connectivity index (χ1) is 12.3. The molecule has 4 heteroatoms. The first-order valence-corrected chi connectivity index (χ1v) is 10.4. The number of nitrogens with one attached hydrogen (secondary N) is 2. The van der Waals surface area contributed by atoms with Gasteiger partial charge in [0.15, 0.2) is 5.11 Å². The van der Waals surface area contributed by atoms with Crippen LogP contribution in [0.3, 0.4) is 0 Å². The van der Waals surface area contributed by atoms with E-state index in [1.807, 2.05) is 25.1 Å². The smallest absolute Gasteiger partial charge is 0.257 e. The van der Waals surface area contributed by atoms with Crippen LogP contribution in [-0.2, 0) is 0 Å². The van der Waals surface area contributed by atoms with E-state index in [0.717, 1.165) is 23.3 Å². The molecule has 4 aliphatic rings. The van der Waals surface area contributed by atoms with Gasteiger partial charge in [0.25, 0.3) is 5.91 Å². The molecule has 4 bridgehead atoms. The zero-order chi connectivity index (χ0) is 18.5. The van der Waals surface area contributed by atoms with Crippen LogP contribution in [0.5, 0.6) is 0 Å². The average molecular weight is 371 g/mol. The van der Waals surface area contributed by atoms with Gasteiger partial charge in [0.1, 0.15) is 0 Å². The Hall–Kier alpha value is -1.42. The van der Waals surface area contributed by atoms with Gasteiger partial charge in [-0.25, -0.2) is 0 Å². The fourth-order valence-corrected chi connectivity index (χ4v) is 6.42. The fourth-order valence-electron chi connectivity index (χ4n) is 6.15. The molecule has 1 amide bonds. The summed E-state index contributed by atoms with van der Waals surface area (Å²) in [6.45, 7) is 6.34. The zero-order valence-corrected chi connectivity index (χ0v) is 16.9. The van der Waals surface area contributed by atoms with Gasteiger partial charge in [-0.2, -0.15) is 0 Å². The van der Waals surface area contributed by atoms with Gasteiger partial charge >= 0.3 is 0 Å². The maximum atomic E-state index is 12.5. The summed E-state index contributed by atoms with van der Waals surface area (Å²) in [5.41, 5.74) is 3.36. The van der Waals surface area contributed by atoms with Gasteiger partial charge in [0.2, 0.25) is 0 Å². The standard InChI is InChI=1S/C22H30N2OS/c1-13-4-5-19(6-14(13)2)20(25)24-21(26)23-15(3)22-10-16-7-17(11-22)9-18(8-16)12-22/h4-6,15-18H,7-12H2,1-3H3,(H2,23,24,25,26). The molecule has 2 N–H and O–H groups in total. The highest BCUT2D eigenvalue weighted by molar-refractivity contribution is 7.80. The van der Waals surface area contributed by atoms with E-state index in [1.165, 1.54) is 44.1 Å². The van der Waals surface area contributed by atoms with E-state index in [9.17, 15) is 4.79 Å². The topological polar surface area (TPSA) is 41.1 Å². The molecule has 140 valence electrons. The second-order valence-corrected chi connectivity index (χ2v) is 9.64. The van der Waals surface area contributed by atoms with Gasteiger partial charge in [-0.3, -0.25) is 10.1 Å². The monoisotopic (exact) mass is 370 g/mol. The Morgan fingerprint density at radius 3 is 2.19 bits per heavy atom. The Bertz CT molecular complexity index is 706. The maximum absolute atomic E-state index is 12.5. The van der Waals surface area contributed by atoms with Crippen LogP contribution >= 0.6 is 12.2 Å². The Kier molecular flexibility index (Phi) is 4.58. The van der Waals surface area contributed by atoms with Crippen molar-refractivity contribution in [2.45, 2.75) is 65.3 Å². The van der Waals surface area contributed by atoms with Gasteiger partial charge in [0, 0.05) is 11.6 Å². The molecule has 0 aromatic heterocycles. The molecule has 4 aliphatic carbocycles. The van der Waals surface area contributed by atoms with Gasteiger partial charge in [-0.05, 0) is 118 Å². The highest BCUT2D eigenvalue weighted by Crippen LogP contribution is 2.61. The fraction of sp³-hybridized carbons (Fsp3) is 0.636. The number of carbonyl (C=O) groups excluding carboxylic acids is 1. The predicted octanol–water partition coefficient (Wildman–Crippen LogP) is 4.51. The molecule has 1 aromatic carbocycles. The van der Waals surface area contributed by atoms with Crippen molar-refractivity contribution >= 4 is 23.2 Å². The largest absolute Gasteiger partial charge is 0.359 e. The van der Waals surface area contributed by atoms with Crippen LogP contribution in [0.1, 0.15) is 66.9 Å². The number of hydrogen-bond donors (Lipinski definition) is 2. The Balaban J connectivity index is 1.38. The summed E-state index contributed by atoms with van der Waals surface area (Å²) in [7, 11) is 0. The molecule has 3 nitrogen and oxygen atoms in total. The quantitative estimate of drug-likeness (QED) is 0.769. The van der Waals surface area contributed by atoms with Crippen molar-refractivity contribution in [3.63, 3.8) is 0 Å². The van der Waals surface area contributed by atoms with Crippen molar-refractivity contribution < 1.29 is 4.79 Å². The van der Waals surface area contributed by atoms with Crippen molar-refractivity contribution in [2.24, 2.45) is 23.2 Å². The SMILES string of the molecule is Cc1ccc(C(=O)NC(=S)NC(C)C23CC4CC(CC(C4)C2)C3)cc1C. The van der Waals surface area contributed by atoms with Crippen LogP contribution in [0.25, 0.3) is 0 Å². The summed E-state index contributed by atoms with van der Waals surface area (Å²) >= 11 is 5.48. The Morgan fingerprint density at radius 1 is 1.08 bits per heavy atom. The van der Waals surface area contributed by atoms with Crippen molar-refractivity contribution in [1.29, 1.82) is 0 Å². The summed E-state index contributed by atoms with van der Waals surface area (Å²) < 4.78 is 0. The molecule has 0 spiro atoms. The molecular formula is C22H30N2OS. The molecule has 1 unspecified atom stereocenters. The molecule has 0 heterocycles. The van der Waals surface area contributed by atoms with E-state index < -0.39 is 0 Å². The summed E-state index contributed by atoms with van der Waals surface area (Å²) in [5, 5.41) is 6.82. The Morgan fingerprint density at radius 2 is 1.65 bits per heavy atom. The predicted molar refractivity (Wildman–Crippen MR) is 109 cm³/mol. The number of benzene rings is 1. The van der Waals surface area contributed by atoms with Crippen LogP contribution in [0.15, 0.2) is 18.2 Å². The molecule has 26 heavy (non-hydrogen) atoms. The van der Waals surface area contributed by atoms with Crippen LogP contribution < -0.4 is 10.6 Å². The van der Waals surface area contributed by atoms with E-state index in [1.54, 1.807) is 0 Å². The number of rotatable bonds is 3. The van der Waals surface area contributed by atoms with Crippen LogP contribution in [0.4, 0.5) is 0 Å². The lowest BCUT2D eigenvalue weighted by Gasteiger charge is -2.59. The highest BCUT2D eigenvalue weighted by atomic mass is 32.1. The molecular weight excluding hydrogens is 340 g/mol. The van der Waals surface area contributed by atoms with Crippen LogP contribution in [-0.4, -0.2) is 17.1 Å². The van der Waals surface area contributed by atoms with Crippen molar-refractivity contribution in [2.75, 3.05) is 0 Å². The van der Waals surface area contributed by atoms with E-state index in [4.69, 9.17) is 12.2 Å². The summed E-state index contributed by atoms with van der Waals surface area (Å²) in [6, 6.07) is 6.10. The van der Waals surface area contributed by atoms with E-state index >= 15 is 0 Å². The molecule has 5 rings (SSSR count). The first-order valence-electron chi connectivity index (χ1n) is 10.0. The number of carbonyl (C=O) groups is 1. The second-order valence-electron chi connectivity index (χ2n) is 9.23. The minimum absolute atomic E-state index is 0.122. The maximum Gasteiger partial charge on any atom is 0.257 e. The summed E-state index contributed by atoms with van der Waals surface area (Å²) in [5.74, 6) is 2.64. The van der Waals surface area contributed by atoms with Gasteiger partial charge in [-0.1, -0.05) is 6.07 Å². The molecule has 0 radical (unpaired) electrons. The number of amides is 1. The zero-order valence-electron chi connectivity index (χ0n) is 16.1. The van der Waals surface area contributed by atoms with Gasteiger partial charge < -0.3 is 5.32 Å². The first kappa shape index (κ1) is 18.0. The van der Waals surface area contributed by atoms with E-state index in [0.29, 0.717) is 22.1 Å². The lowest BCUT2D eigenvalue weighted by atomic mass is 9.48. The van der Waals surface area contributed by atoms with E-state index in [-0.39, 0.29) is 5.91 Å². The number of hydrogen-bond acceptors (Lipinski definition) is 2. The summed E-state index contributed by atoms with van der Waals surface area (Å²) in [4.78, 5) is 12.5. The van der Waals surface area contributed by atoms with E-state index in [2.05, 4.69) is 24.5 Å². The third-order valence-electron chi connectivity index (χ3n) is 7.35. The van der Waals surface area contributed by atoms with Crippen LogP contribution in [0, 0.1) is 37.0 Å². The van der Waals surface area contributed by atoms with Gasteiger partial charge in [-0.15, -0.1) is 0 Å². The van der Waals surface area contributed by atoms with Crippen molar-refractivity contribution in [3.05, 3.63) is 34.9 Å². The molecule has 4 saturated carbocycles. The van der Waals surface area contributed by atoms with Crippen molar-refractivity contribution in [1.82, 2.24) is 10.6 Å². The molecule has 0 aliphatic heterocycles. The molecule has 1 atom stereocenters. The third-order valence-corrected chi connectivity index (χ3v) is 7.57. The number of aryl methyl sites for hydroxylation is 2. The normalized spacial score (nSPS) is 33.0. The average Bonchev–Trinajstić information content (AvgIpc) is 2.55. The lowest BCUT2D eigenvalue weighted by molar-refractivity contribution is -0.0672. The minimum atomic E-state index is -0.122. The summed E-state index contributed by atoms with van der Waals surface area (Å²) in [6.07, 6.45) is 8.34. The lowest BCUT2D eigenvalue weighted by Crippen LogP contribution is -2.57. The molecule has 1 aromatic rings. The third kappa shape index (κ3) is 3.28. The minimum Gasteiger partial charge on any atom is -0.359 e.